The van der Waals surface area contributed by atoms with Crippen LogP contribution in [0.2, 0.25) is 5.02 Å². The number of pyridine rings is 1. The van der Waals surface area contributed by atoms with E-state index in [1.54, 1.807) is 18.0 Å². The highest BCUT2D eigenvalue weighted by molar-refractivity contribution is 7.98. The summed E-state index contributed by atoms with van der Waals surface area (Å²) < 4.78 is 0. The van der Waals surface area contributed by atoms with Crippen LogP contribution in [-0.2, 0) is 6.54 Å². The molecule has 0 aliphatic rings. The number of nitrogens with zero attached hydrogens (tertiary/aromatic N) is 1. The van der Waals surface area contributed by atoms with Gasteiger partial charge in [-0.25, -0.2) is 0 Å². The number of halogens is 1. The van der Waals surface area contributed by atoms with Gasteiger partial charge in [0.25, 0.3) is 0 Å². The average Bonchev–Trinajstić information content (AvgIpc) is 2.53. The van der Waals surface area contributed by atoms with Crippen molar-refractivity contribution in [2.45, 2.75) is 11.4 Å². The van der Waals surface area contributed by atoms with Crippen LogP contribution in [0.3, 0.4) is 0 Å². The molecule has 21 heavy (non-hydrogen) atoms. The Kier molecular flexibility index (Phi) is 4.32. The molecular formula is C17H15ClN2S. The Bertz CT molecular complexity index is 756. The third-order valence-corrected chi connectivity index (χ3v) is 4.27. The van der Waals surface area contributed by atoms with Crippen molar-refractivity contribution in [3.63, 3.8) is 0 Å². The molecule has 0 fully saturated rings. The molecule has 0 aliphatic carbocycles. The molecule has 0 amide bonds. The maximum Gasteiger partial charge on any atom is 0.0934 e. The molecule has 0 bridgehead atoms. The summed E-state index contributed by atoms with van der Waals surface area (Å²) in [5, 5.41) is 5.19. The molecule has 4 heteroatoms. The molecule has 0 radical (unpaired) electrons. The first-order chi connectivity index (χ1) is 10.3. The van der Waals surface area contributed by atoms with Gasteiger partial charge < -0.3 is 5.32 Å². The van der Waals surface area contributed by atoms with Crippen molar-refractivity contribution >= 4 is 40.0 Å². The van der Waals surface area contributed by atoms with E-state index in [4.69, 9.17) is 11.6 Å². The molecule has 0 atom stereocenters. The maximum absolute atomic E-state index is 6.17. The van der Waals surface area contributed by atoms with Gasteiger partial charge in [0.1, 0.15) is 0 Å². The van der Waals surface area contributed by atoms with Gasteiger partial charge in [0.05, 0.1) is 11.2 Å². The van der Waals surface area contributed by atoms with Gasteiger partial charge >= 0.3 is 0 Å². The van der Waals surface area contributed by atoms with E-state index in [2.05, 4.69) is 40.8 Å². The largest absolute Gasteiger partial charge is 0.379 e. The lowest BCUT2D eigenvalue weighted by molar-refractivity contribution is 1.14. The minimum Gasteiger partial charge on any atom is -0.379 e. The van der Waals surface area contributed by atoms with E-state index >= 15 is 0 Å². The summed E-state index contributed by atoms with van der Waals surface area (Å²) in [5.74, 6) is 0. The van der Waals surface area contributed by atoms with Crippen LogP contribution < -0.4 is 5.32 Å². The van der Waals surface area contributed by atoms with Gasteiger partial charge in [-0.1, -0.05) is 29.8 Å². The topological polar surface area (TPSA) is 24.9 Å². The van der Waals surface area contributed by atoms with E-state index in [1.165, 1.54) is 10.5 Å². The molecule has 0 unspecified atom stereocenters. The van der Waals surface area contributed by atoms with E-state index in [0.29, 0.717) is 0 Å². The molecule has 0 saturated carbocycles. The Labute approximate surface area is 133 Å². The second-order valence-electron chi connectivity index (χ2n) is 4.73. The van der Waals surface area contributed by atoms with Crippen molar-refractivity contribution in [1.29, 1.82) is 0 Å². The van der Waals surface area contributed by atoms with Crippen molar-refractivity contribution in [1.82, 2.24) is 4.98 Å². The number of hydrogen-bond acceptors (Lipinski definition) is 3. The van der Waals surface area contributed by atoms with Crippen LogP contribution in [-0.4, -0.2) is 11.2 Å². The number of nitrogens with one attached hydrogen (secondary N) is 1. The van der Waals surface area contributed by atoms with Gasteiger partial charge in [-0.15, -0.1) is 11.8 Å². The number of aromatic nitrogens is 1. The summed E-state index contributed by atoms with van der Waals surface area (Å²) in [6, 6.07) is 16.3. The van der Waals surface area contributed by atoms with Crippen molar-refractivity contribution in [2.75, 3.05) is 11.6 Å². The predicted molar refractivity (Wildman–Crippen MR) is 92.3 cm³/mol. The Morgan fingerprint density at radius 3 is 2.71 bits per heavy atom. The molecular weight excluding hydrogens is 300 g/mol. The molecule has 1 heterocycles. The van der Waals surface area contributed by atoms with Gasteiger partial charge in [0, 0.05) is 28.0 Å². The Morgan fingerprint density at radius 2 is 1.95 bits per heavy atom. The van der Waals surface area contributed by atoms with E-state index in [-0.39, 0.29) is 0 Å². The second kappa shape index (κ2) is 6.37. The SMILES string of the molecule is CSc1ccc(CNc2cc(Cl)cc3cccnc23)cc1. The van der Waals surface area contributed by atoms with Crippen molar-refractivity contribution in [2.24, 2.45) is 0 Å². The average molecular weight is 315 g/mol. The fraction of sp³-hybridized carbons (Fsp3) is 0.118. The molecule has 1 aromatic heterocycles. The summed E-state index contributed by atoms with van der Waals surface area (Å²) in [4.78, 5) is 5.71. The minimum atomic E-state index is 0.718. The first kappa shape index (κ1) is 14.2. The van der Waals surface area contributed by atoms with Crippen molar-refractivity contribution in [3.05, 3.63) is 65.3 Å². The zero-order chi connectivity index (χ0) is 14.7. The minimum absolute atomic E-state index is 0.718. The van der Waals surface area contributed by atoms with Gasteiger partial charge in [-0.2, -0.15) is 0 Å². The number of fused-ring (bicyclic) bond motifs is 1. The second-order valence-corrected chi connectivity index (χ2v) is 6.05. The zero-order valence-electron chi connectivity index (χ0n) is 11.6. The smallest absolute Gasteiger partial charge is 0.0934 e. The molecule has 106 valence electrons. The lowest BCUT2D eigenvalue weighted by Gasteiger charge is -2.10. The van der Waals surface area contributed by atoms with Crippen LogP contribution in [0.15, 0.2) is 59.6 Å². The summed E-state index contributed by atoms with van der Waals surface area (Å²) in [5.41, 5.74) is 3.14. The van der Waals surface area contributed by atoms with Crippen molar-refractivity contribution < 1.29 is 0 Å². The van der Waals surface area contributed by atoms with Crippen LogP contribution in [0.1, 0.15) is 5.56 Å². The van der Waals surface area contributed by atoms with E-state index in [0.717, 1.165) is 28.2 Å². The predicted octanol–water partition coefficient (Wildman–Crippen LogP) is 5.22. The number of thioether (sulfide) groups is 1. The number of hydrogen-bond donors (Lipinski definition) is 1. The monoisotopic (exact) mass is 314 g/mol. The standard InChI is InChI=1S/C17H15ClN2S/c1-21-15-6-4-12(5-7-15)11-20-16-10-14(18)9-13-3-2-8-19-17(13)16/h2-10,20H,11H2,1H3. The quantitative estimate of drug-likeness (QED) is 0.668. The summed E-state index contributed by atoms with van der Waals surface area (Å²) in [6.45, 7) is 0.751. The van der Waals surface area contributed by atoms with Gasteiger partial charge in [0.2, 0.25) is 0 Å². The van der Waals surface area contributed by atoms with Crippen LogP contribution in [0.5, 0.6) is 0 Å². The zero-order valence-corrected chi connectivity index (χ0v) is 13.2. The van der Waals surface area contributed by atoms with Crippen molar-refractivity contribution in [3.8, 4) is 0 Å². The Morgan fingerprint density at radius 1 is 1.14 bits per heavy atom. The number of benzene rings is 2. The molecule has 0 aliphatic heterocycles. The van der Waals surface area contributed by atoms with E-state index in [9.17, 15) is 0 Å². The Hall–Kier alpha value is -1.71. The van der Waals surface area contributed by atoms with Gasteiger partial charge in [0.15, 0.2) is 0 Å². The molecule has 0 saturated heterocycles. The highest BCUT2D eigenvalue weighted by Gasteiger charge is 2.04. The first-order valence-corrected chi connectivity index (χ1v) is 8.27. The third-order valence-electron chi connectivity index (χ3n) is 3.31. The highest BCUT2D eigenvalue weighted by Crippen LogP contribution is 2.26. The third kappa shape index (κ3) is 3.31. The van der Waals surface area contributed by atoms with Gasteiger partial charge in [-0.3, -0.25) is 4.98 Å². The molecule has 1 N–H and O–H groups in total. The van der Waals surface area contributed by atoms with Gasteiger partial charge in [-0.05, 0) is 42.2 Å². The summed E-state index contributed by atoms with van der Waals surface area (Å²) in [7, 11) is 0. The maximum atomic E-state index is 6.17. The summed E-state index contributed by atoms with van der Waals surface area (Å²) >= 11 is 7.92. The number of rotatable bonds is 4. The molecule has 2 aromatic carbocycles. The fourth-order valence-electron chi connectivity index (χ4n) is 2.23. The van der Waals surface area contributed by atoms with Crippen LogP contribution >= 0.6 is 23.4 Å². The lowest BCUT2D eigenvalue weighted by Crippen LogP contribution is -2.00. The summed E-state index contributed by atoms with van der Waals surface area (Å²) in [6.07, 6.45) is 3.88. The van der Waals surface area contributed by atoms with Crippen LogP contribution in [0.4, 0.5) is 5.69 Å². The normalized spacial score (nSPS) is 10.8. The lowest BCUT2D eigenvalue weighted by atomic mass is 10.1. The van der Waals surface area contributed by atoms with Crippen LogP contribution in [0.25, 0.3) is 10.9 Å². The Balaban J connectivity index is 1.84. The molecule has 0 spiro atoms. The molecule has 3 aromatic rings. The number of anilines is 1. The van der Waals surface area contributed by atoms with E-state index in [1.807, 2.05) is 24.3 Å². The van der Waals surface area contributed by atoms with Crippen LogP contribution in [0, 0.1) is 0 Å². The first-order valence-electron chi connectivity index (χ1n) is 6.67. The molecule has 3 rings (SSSR count). The van der Waals surface area contributed by atoms with E-state index < -0.39 is 0 Å². The highest BCUT2D eigenvalue weighted by atomic mass is 35.5. The fourth-order valence-corrected chi connectivity index (χ4v) is 2.87. The molecule has 2 nitrogen and oxygen atoms in total.